The first kappa shape index (κ1) is 20.6. The zero-order valence-electron chi connectivity index (χ0n) is 16.9. The molecule has 0 radical (unpaired) electrons. The summed E-state index contributed by atoms with van der Waals surface area (Å²) in [6.45, 7) is 3.97. The maximum absolute atomic E-state index is 12.6. The van der Waals surface area contributed by atoms with Gasteiger partial charge in [-0.25, -0.2) is 9.97 Å². The molecular weight excluding hydrogens is 388 g/mol. The SMILES string of the molecule is COc1ccc(N(C)C(=O)CNc2nc(-c3ccc(Cl)cc3)nc(C)c2C)cc1. The van der Waals surface area contributed by atoms with E-state index in [4.69, 9.17) is 16.3 Å². The Bertz CT molecular complexity index is 1000. The Morgan fingerprint density at radius 3 is 2.34 bits per heavy atom. The monoisotopic (exact) mass is 410 g/mol. The summed E-state index contributed by atoms with van der Waals surface area (Å²) in [5.41, 5.74) is 3.41. The van der Waals surface area contributed by atoms with Gasteiger partial charge in [0, 0.05) is 34.6 Å². The molecule has 0 saturated carbocycles. The first-order chi connectivity index (χ1) is 13.9. The average Bonchev–Trinajstić information content (AvgIpc) is 2.74. The molecule has 0 aliphatic rings. The number of halogens is 1. The lowest BCUT2D eigenvalue weighted by Gasteiger charge is -2.19. The van der Waals surface area contributed by atoms with Gasteiger partial charge in [0.2, 0.25) is 5.91 Å². The number of nitrogens with one attached hydrogen (secondary N) is 1. The fourth-order valence-corrected chi connectivity index (χ4v) is 2.88. The number of nitrogens with zero attached hydrogens (tertiary/aromatic N) is 3. The number of rotatable bonds is 6. The standard InChI is InChI=1S/C22H23ClN4O2/c1-14-15(2)25-22(16-5-7-17(23)8-6-16)26-21(14)24-13-20(28)27(3)18-9-11-19(29-4)12-10-18/h5-12H,13H2,1-4H3,(H,24,25,26). The molecular formula is C22H23ClN4O2. The van der Waals surface area contributed by atoms with Crippen LogP contribution in [0.2, 0.25) is 5.02 Å². The van der Waals surface area contributed by atoms with Crippen LogP contribution in [0.1, 0.15) is 11.3 Å². The normalized spacial score (nSPS) is 10.5. The van der Waals surface area contributed by atoms with Gasteiger partial charge in [0.15, 0.2) is 5.82 Å². The van der Waals surface area contributed by atoms with Crippen molar-refractivity contribution < 1.29 is 9.53 Å². The van der Waals surface area contributed by atoms with Gasteiger partial charge in [-0.2, -0.15) is 0 Å². The number of anilines is 2. The molecule has 29 heavy (non-hydrogen) atoms. The van der Waals surface area contributed by atoms with Crippen molar-refractivity contribution >= 4 is 29.0 Å². The highest BCUT2D eigenvalue weighted by atomic mass is 35.5. The number of methoxy groups -OCH3 is 1. The van der Waals surface area contributed by atoms with E-state index in [1.165, 1.54) is 0 Å². The van der Waals surface area contributed by atoms with Gasteiger partial charge in [0.05, 0.1) is 13.7 Å². The summed E-state index contributed by atoms with van der Waals surface area (Å²) in [6, 6.07) is 14.7. The topological polar surface area (TPSA) is 67.3 Å². The quantitative estimate of drug-likeness (QED) is 0.648. The Morgan fingerprint density at radius 2 is 1.72 bits per heavy atom. The van der Waals surface area contributed by atoms with Gasteiger partial charge in [0.25, 0.3) is 0 Å². The molecule has 0 spiro atoms. The second-order valence-electron chi connectivity index (χ2n) is 6.62. The average molecular weight is 411 g/mol. The third-order valence-corrected chi connectivity index (χ3v) is 4.98. The number of aromatic nitrogens is 2. The summed E-state index contributed by atoms with van der Waals surface area (Å²) >= 11 is 5.97. The van der Waals surface area contributed by atoms with Crippen LogP contribution in [-0.2, 0) is 4.79 Å². The zero-order chi connectivity index (χ0) is 21.0. The summed E-state index contributed by atoms with van der Waals surface area (Å²) in [6.07, 6.45) is 0. The Kier molecular flexibility index (Phi) is 6.34. The third-order valence-electron chi connectivity index (χ3n) is 4.73. The molecule has 1 aromatic heterocycles. The van der Waals surface area contributed by atoms with Crippen molar-refractivity contribution in [3.8, 4) is 17.1 Å². The second kappa shape index (κ2) is 8.92. The largest absolute Gasteiger partial charge is 0.497 e. The zero-order valence-corrected chi connectivity index (χ0v) is 17.6. The van der Waals surface area contributed by atoms with Gasteiger partial charge in [-0.3, -0.25) is 4.79 Å². The van der Waals surface area contributed by atoms with Crippen LogP contribution in [0.4, 0.5) is 11.5 Å². The van der Waals surface area contributed by atoms with Crippen LogP contribution in [0.5, 0.6) is 5.75 Å². The smallest absolute Gasteiger partial charge is 0.246 e. The number of amides is 1. The van der Waals surface area contributed by atoms with Crippen molar-refractivity contribution in [3.05, 3.63) is 64.8 Å². The molecule has 150 valence electrons. The third kappa shape index (κ3) is 4.84. The minimum Gasteiger partial charge on any atom is -0.497 e. The maximum Gasteiger partial charge on any atom is 0.246 e. The number of ether oxygens (including phenoxy) is 1. The molecule has 7 heteroatoms. The summed E-state index contributed by atoms with van der Waals surface area (Å²) in [5, 5.41) is 3.81. The van der Waals surface area contributed by atoms with Crippen LogP contribution in [0.15, 0.2) is 48.5 Å². The Balaban J connectivity index is 1.75. The van der Waals surface area contributed by atoms with E-state index in [0.29, 0.717) is 16.7 Å². The van der Waals surface area contributed by atoms with Crippen LogP contribution >= 0.6 is 11.6 Å². The second-order valence-corrected chi connectivity index (χ2v) is 7.05. The molecule has 3 rings (SSSR count). The Morgan fingerprint density at radius 1 is 1.07 bits per heavy atom. The molecule has 1 N–H and O–H groups in total. The van der Waals surface area contributed by atoms with Crippen LogP contribution in [0.25, 0.3) is 11.4 Å². The number of aryl methyl sites for hydroxylation is 1. The molecule has 2 aromatic carbocycles. The van der Waals surface area contributed by atoms with Crippen molar-refractivity contribution in [2.45, 2.75) is 13.8 Å². The van der Waals surface area contributed by atoms with Crippen LogP contribution < -0.4 is 15.0 Å². The predicted molar refractivity (Wildman–Crippen MR) is 117 cm³/mol. The first-order valence-corrected chi connectivity index (χ1v) is 9.52. The fraction of sp³-hybridized carbons (Fsp3) is 0.227. The minimum atomic E-state index is -0.0844. The van der Waals surface area contributed by atoms with Crippen LogP contribution in [0, 0.1) is 13.8 Å². The van der Waals surface area contributed by atoms with E-state index < -0.39 is 0 Å². The van der Waals surface area contributed by atoms with E-state index >= 15 is 0 Å². The number of hydrogen-bond donors (Lipinski definition) is 1. The van der Waals surface area contributed by atoms with Gasteiger partial charge in [-0.1, -0.05) is 11.6 Å². The fourth-order valence-electron chi connectivity index (χ4n) is 2.76. The number of carbonyl (C=O) groups is 1. The molecule has 0 saturated heterocycles. The molecule has 0 unspecified atom stereocenters. The molecule has 3 aromatic rings. The van der Waals surface area contributed by atoms with E-state index in [1.807, 2.05) is 50.2 Å². The highest BCUT2D eigenvalue weighted by molar-refractivity contribution is 6.30. The summed E-state index contributed by atoms with van der Waals surface area (Å²) in [4.78, 5) is 23.4. The maximum atomic E-state index is 12.6. The number of likely N-dealkylation sites (N-methyl/N-ethyl adjacent to an activating group) is 1. The lowest BCUT2D eigenvalue weighted by Crippen LogP contribution is -2.32. The van der Waals surface area contributed by atoms with Gasteiger partial charge >= 0.3 is 0 Å². The van der Waals surface area contributed by atoms with Crippen molar-refractivity contribution in [2.75, 3.05) is 30.9 Å². The Hall–Kier alpha value is -3.12. The van der Waals surface area contributed by atoms with Crippen molar-refractivity contribution in [1.29, 1.82) is 0 Å². The molecule has 6 nitrogen and oxygen atoms in total. The number of hydrogen-bond acceptors (Lipinski definition) is 5. The highest BCUT2D eigenvalue weighted by Gasteiger charge is 2.14. The van der Waals surface area contributed by atoms with Gasteiger partial charge < -0.3 is 15.0 Å². The minimum absolute atomic E-state index is 0.0844. The molecule has 0 aliphatic carbocycles. The summed E-state index contributed by atoms with van der Waals surface area (Å²) in [7, 11) is 3.35. The van der Waals surface area contributed by atoms with Crippen LogP contribution in [0.3, 0.4) is 0 Å². The van der Waals surface area contributed by atoms with E-state index in [2.05, 4.69) is 15.3 Å². The molecule has 0 atom stereocenters. The molecule has 0 bridgehead atoms. The van der Waals surface area contributed by atoms with E-state index in [0.717, 1.165) is 28.3 Å². The molecule has 1 amide bonds. The van der Waals surface area contributed by atoms with E-state index in [-0.39, 0.29) is 12.5 Å². The van der Waals surface area contributed by atoms with Crippen LogP contribution in [-0.4, -0.2) is 36.6 Å². The highest BCUT2D eigenvalue weighted by Crippen LogP contribution is 2.23. The first-order valence-electron chi connectivity index (χ1n) is 9.14. The lowest BCUT2D eigenvalue weighted by molar-refractivity contribution is -0.116. The van der Waals surface area contributed by atoms with Gasteiger partial charge in [-0.15, -0.1) is 0 Å². The van der Waals surface area contributed by atoms with Crippen molar-refractivity contribution in [2.24, 2.45) is 0 Å². The molecule has 0 aliphatic heterocycles. The van der Waals surface area contributed by atoms with Gasteiger partial charge in [-0.05, 0) is 62.4 Å². The molecule has 0 fully saturated rings. The van der Waals surface area contributed by atoms with Crippen molar-refractivity contribution in [3.63, 3.8) is 0 Å². The van der Waals surface area contributed by atoms with E-state index in [9.17, 15) is 4.79 Å². The lowest BCUT2D eigenvalue weighted by atomic mass is 10.2. The van der Waals surface area contributed by atoms with Crippen molar-refractivity contribution in [1.82, 2.24) is 9.97 Å². The van der Waals surface area contributed by atoms with Gasteiger partial charge in [0.1, 0.15) is 11.6 Å². The predicted octanol–water partition coefficient (Wildman–Crippen LogP) is 4.50. The van der Waals surface area contributed by atoms with E-state index in [1.54, 1.807) is 31.2 Å². The summed E-state index contributed by atoms with van der Waals surface area (Å²) < 4.78 is 5.16. The number of carbonyl (C=O) groups excluding carboxylic acids is 1. The molecule has 1 heterocycles. The number of benzene rings is 2. The Labute approximate surface area is 175 Å². The summed E-state index contributed by atoms with van der Waals surface area (Å²) in [5.74, 6) is 1.88.